The first-order chi connectivity index (χ1) is 8.41. The van der Waals surface area contributed by atoms with Crippen LogP contribution in [0.1, 0.15) is 17.4 Å². The van der Waals surface area contributed by atoms with Crippen LogP contribution in [0.2, 0.25) is 5.28 Å². The summed E-state index contributed by atoms with van der Waals surface area (Å²) >= 11 is 5.79. The van der Waals surface area contributed by atoms with E-state index in [2.05, 4.69) is 16.5 Å². The van der Waals surface area contributed by atoms with Gasteiger partial charge in [0, 0.05) is 31.4 Å². The molecular weight excluding hydrogens is 252 g/mol. The molecule has 0 aliphatic heterocycles. The monoisotopic (exact) mass is 264 g/mol. The Kier molecular flexibility index (Phi) is 3.09. The van der Waals surface area contributed by atoms with E-state index >= 15 is 0 Å². The van der Waals surface area contributed by atoms with Gasteiger partial charge in [0.1, 0.15) is 11.3 Å². The van der Waals surface area contributed by atoms with E-state index in [1.165, 1.54) is 4.90 Å². The van der Waals surface area contributed by atoms with Crippen molar-refractivity contribution in [1.82, 2.24) is 19.4 Å². The molecule has 0 saturated carbocycles. The maximum atomic E-state index is 12.1. The zero-order valence-corrected chi connectivity index (χ0v) is 11.2. The number of rotatable bonds is 2. The highest BCUT2D eigenvalue weighted by molar-refractivity contribution is 6.28. The van der Waals surface area contributed by atoms with Crippen molar-refractivity contribution in [2.45, 2.75) is 6.92 Å². The number of aromatic nitrogens is 3. The van der Waals surface area contributed by atoms with Crippen molar-refractivity contribution < 1.29 is 4.79 Å². The van der Waals surface area contributed by atoms with Crippen molar-refractivity contribution in [2.75, 3.05) is 14.1 Å². The van der Waals surface area contributed by atoms with Crippen molar-refractivity contribution in [2.24, 2.45) is 0 Å². The molecule has 0 spiro atoms. The minimum absolute atomic E-state index is 0.118. The number of fused-ring (bicyclic) bond motifs is 1. The molecule has 0 bridgehead atoms. The lowest BCUT2D eigenvalue weighted by Crippen LogP contribution is -2.24. The van der Waals surface area contributed by atoms with Gasteiger partial charge in [-0.2, -0.15) is 4.98 Å². The maximum absolute atomic E-state index is 12.1. The molecule has 2 heterocycles. The van der Waals surface area contributed by atoms with Gasteiger partial charge in [-0.3, -0.25) is 9.36 Å². The van der Waals surface area contributed by atoms with E-state index in [1.807, 2.05) is 6.92 Å². The molecule has 1 amide bonds. The number of carbonyl (C=O) groups is 1. The van der Waals surface area contributed by atoms with Gasteiger partial charge < -0.3 is 4.90 Å². The van der Waals surface area contributed by atoms with Crippen molar-refractivity contribution in [3.8, 4) is 0 Å². The van der Waals surface area contributed by atoms with Crippen molar-refractivity contribution >= 4 is 34.2 Å². The Hall–Kier alpha value is -1.88. The van der Waals surface area contributed by atoms with Crippen LogP contribution in [-0.2, 0) is 0 Å². The quantitative estimate of drug-likeness (QED) is 0.782. The molecule has 0 fully saturated rings. The molecule has 6 heteroatoms. The Morgan fingerprint density at radius 2 is 2.17 bits per heavy atom. The van der Waals surface area contributed by atoms with Gasteiger partial charge in [-0.15, -0.1) is 0 Å². The molecule has 0 atom stereocenters. The number of halogens is 1. The van der Waals surface area contributed by atoms with E-state index in [9.17, 15) is 4.79 Å². The van der Waals surface area contributed by atoms with Crippen LogP contribution < -0.4 is 0 Å². The summed E-state index contributed by atoms with van der Waals surface area (Å²) in [7, 11) is 3.39. The Morgan fingerprint density at radius 3 is 2.72 bits per heavy atom. The molecule has 2 aromatic rings. The van der Waals surface area contributed by atoms with Gasteiger partial charge in [-0.05, 0) is 24.6 Å². The molecular formula is C12H13ClN4O. The Bertz CT molecular complexity index is 645. The zero-order valence-electron chi connectivity index (χ0n) is 10.4. The Morgan fingerprint density at radius 1 is 1.50 bits per heavy atom. The fraction of sp³-hybridized carbons (Fsp3) is 0.250. The third-order valence-electron chi connectivity index (χ3n) is 2.52. The van der Waals surface area contributed by atoms with Gasteiger partial charge >= 0.3 is 0 Å². The van der Waals surface area contributed by atoms with Crippen molar-refractivity contribution in [3.63, 3.8) is 0 Å². The predicted octanol–water partition coefficient (Wildman–Crippen LogP) is 2.28. The van der Waals surface area contributed by atoms with Crippen LogP contribution in [0.25, 0.3) is 16.7 Å². The first kappa shape index (κ1) is 12.6. The lowest BCUT2D eigenvalue weighted by atomic mass is 10.3. The molecule has 2 aromatic heterocycles. The second-order valence-corrected chi connectivity index (χ2v) is 4.56. The van der Waals surface area contributed by atoms with Crippen LogP contribution in [0.3, 0.4) is 0 Å². The van der Waals surface area contributed by atoms with Crippen molar-refractivity contribution in [1.29, 1.82) is 0 Å². The van der Waals surface area contributed by atoms with E-state index in [-0.39, 0.29) is 11.2 Å². The summed E-state index contributed by atoms with van der Waals surface area (Å²) in [4.78, 5) is 21.7. The highest BCUT2D eigenvalue weighted by atomic mass is 35.5. The topological polar surface area (TPSA) is 51.0 Å². The lowest BCUT2D eigenvalue weighted by Gasteiger charge is -2.13. The summed E-state index contributed by atoms with van der Waals surface area (Å²) in [6, 6.07) is 1.74. The summed E-state index contributed by atoms with van der Waals surface area (Å²) in [5.41, 5.74) is 1.79. The smallest absolute Gasteiger partial charge is 0.270 e. The van der Waals surface area contributed by atoms with Crippen LogP contribution in [-0.4, -0.2) is 39.4 Å². The summed E-state index contributed by atoms with van der Waals surface area (Å²) in [6.07, 6.45) is 1.59. The first-order valence-corrected chi connectivity index (χ1v) is 5.71. The van der Waals surface area contributed by atoms with Gasteiger partial charge in [0.05, 0.1) is 0 Å². The second kappa shape index (κ2) is 4.42. The molecule has 0 aromatic carbocycles. The van der Waals surface area contributed by atoms with Gasteiger partial charge in [-0.25, -0.2) is 4.98 Å². The fourth-order valence-corrected chi connectivity index (χ4v) is 1.87. The highest BCUT2D eigenvalue weighted by Gasteiger charge is 2.18. The van der Waals surface area contributed by atoms with Crippen molar-refractivity contribution in [3.05, 3.63) is 29.8 Å². The molecule has 5 nitrogen and oxygen atoms in total. The number of hydrogen-bond acceptors (Lipinski definition) is 3. The third-order valence-corrected chi connectivity index (χ3v) is 2.70. The SMILES string of the molecule is C=C(C)n1c(C(=O)N(C)C)cc2cnc(Cl)nc21. The normalized spacial score (nSPS) is 10.7. The van der Waals surface area contributed by atoms with Crippen LogP contribution >= 0.6 is 11.6 Å². The minimum atomic E-state index is -0.118. The van der Waals surface area contributed by atoms with Gasteiger partial charge in [0.25, 0.3) is 5.91 Å². The molecule has 0 aliphatic rings. The third kappa shape index (κ3) is 1.97. The first-order valence-electron chi connectivity index (χ1n) is 5.33. The lowest BCUT2D eigenvalue weighted by molar-refractivity contribution is 0.0820. The van der Waals surface area contributed by atoms with E-state index in [1.54, 1.807) is 30.9 Å². The Balaban J connectivity index is 2.78. The fourth-order valence-electron chi connectivity index (χ4n) is 1.74. The zero-order chi connectivity index (χ0) is 13.4. The average Bonchev–Trinajstić information content (AvgIpc) is 2.65. The summed E-state index contributed by atoms with van der Waals surface area (Å²) in [6.45, 7) is 5.68. The molecule has 0 N–H and O–H groups in total. The standard InChI is InChI=1S/C12H13ClN4O/c1-7(2)17-9(11(18)16(3)4)5-8-6-14-12(13)15-10(8)17/h5-6H,1H2,2-4H3. The van der Waals surface area contributed by atoms with E-state index in [0.29, 0.717) is 17.0 Å². The molecule has 0 aliphatic carbocycles. The predicted molar refractivity (Wildman–Crippen MR) is 71.6 cm³/mol. The summed E-state index contributed by atoms with van der Waals surface area (Å²) in [5.74, 6) is -0.118. The van der Waals surface area contributed by atoms with Gasteiger partial charge in [-0.1, -0.05) is 6.58 Å². The average molecular weight is 265 g/mol. The van der Waals surface area contributed by atoms with E-state index < -0.39 is 0 Å². The molecule has 18 heavy (non-hydrogen) atoms. The number of hydrogen-bond donors (Lipinski definition) is 0. The number of amides is 1. The number of carbonyl (C=O) groups excluding carboxylic acids is 1. The van der Waals surface area contributed by atoms with Gasteiger partial charge in [0.15, 0.2) is 0 Å². The minimum Gasteiger partial charge on any atom is -0.343 e. The largest absolute Gasteiger partial charge is 0.343 e. The van der Waals surface area contributed by atoms with Crippen LogP contribution in [0.4, 0.5) is 0 Å². The maximum Gasteiger partial charge on any atom is 0.270 e. The van der Waals surface area contributed by atoms with Crippen LogP contribution in [0.5, 0.6) is 0 Å². The number of nitrogens with zero attached hydrogens (tertiary/aromatic N) is 4. The molecule has 94 valence electrons. The van der Waals surface area contributed by atoms with Crippen LogP contribution in [0.15, 0.2) is 18.8 Å². The molecule has 0 unspecified atom stereocenters. The Labute approximate surface area is 110 Å². The summed E-state index contributed by atoms with van der Waals surface area (Å²) in [5, 5.41) is 0.902. The second-order valence-electron chi connectivity index (χ2n) is 4.22. The number of allylic oxidation sites excluding steroid dienone is 1. The highest BCUT2D eigenvalue weighted by Crippen LogP contribution is 2.22. The van der Waals surface area contributed by atoms with Gasteiger partial charge in [0.2, 0.25) is 5.28 Å². The molecule has 2 rings (SSSR count). The van der Waals surface area contributed by atoms with Crippen LogP contribution in [0, 0.1) is 0 Å². The molecule has 0 radical (unpaired) electrons. The van der Waals surface area contributed by atoms with E-state index in [4.69, 9.17) is 11.6 Å². The van der Waals surface area contributed by atoms with E-state index in [0.717, 1.165) is 5.39 Å². The summed E-state index contributed by atoms with van der Waals surface area (Å²) < 4.78 is 1.69. The molecule has 0 saturated heterocycles.